The molecule has 0 radical (unpaired) electrons. The number of nitrogens with zero attached hydrogens (tertiary/aromatic N) is 1. The lowest BCUT2D eigenvalue weighted by molar-refractivity contribution is 0.0920. The topological polar surface area (TPSA) is 31.2 Å². The number of benzene rings is 1. The standard InChI is InChI=1S/C18H23NO2/c1-5-15-8-7-9-16(11-15)21-12-18(20)17-10-13(3)19(6-2)14(17)4/h7-11H,5-6,12H2,1-4H3. The molecule has 0 unspecified atom stereocenters. The maximum atomic E-state index is 12.3. The van der Waals surface area contributed by atoms with Gasteiger partial charge in [-0.25, -0.2) is 0 Å². The molecule has 3 nitrogen and oxygen atoms in total. The van der Waals surface area contributed by atoms with Gasteiger partial charge in [-0.2, -0.15) is 0 Å². The first-order valence-electron chi connectivity index (χ1n) is 7.48. The van der Waals surface area contributed by atoms with Crippen molar-refractivity contribution in [2.45, 2.75) is 40.7 Å². The van der Waals surface area contributed by atoms with Crippen LogP contribution in [0.5, 0.6) is 5.75 Å². The number of aromatic nitrogens is 1. The molecule has 0 saturated heterocycles. The highest BCUT2D eigenvalue weighted by Gasteiger charge is 2.15. The Kier molecular flexibility index (Phi) is 4.84. The van der Waals surface area contributed by atoms with Gasteiger partial charge in [-0.15, -0.1) is 0 Å². The molecule has 112 valence electrons. The zero-order valence-electron chi connectivity index (χ0n) is 13.3. The minimum absolute atomic E-state index is 0.0321. The van der Waals surface area contributed by atoms with Crippen molar-refractivity contribution < 1.29 is 9.53 Å². The number of hydrogen-bond acceptors (Lipinski definition) is 2. The second-order valence-corrected chi connectivity index (χ2v) is 5.24. The molecule has 0 spiro atoms. The number of Topliss-reactive ketones (excluding diaryl/α,β-unsaturated/α-hetero) is 1. The largest absolute Gasteiger partial charge is 0.485 e. The third-order valence-corrected chi connectivity index (χ3v) is 3.87. The van der Waals surface area contributed by atoms with Crippen LogP contribution in [0.15, 0.2) is 30.3 Å². The van der Waals surface area contributed by atoms with E-state index in [-0.39, 0.29) is 12.4 Å². The lowest BCUT2D eigenvalue weighted by Gasteiger charge is -2.08. The summed E-state index contributed by atoms with van der Waals surface area (Å²) in [7, 11) is 0. The Balaban J connectivity index is 2.08. The minimum atomic E-state index is 0.0321. The van der Waals surface area contributed by atoms with E-state index in [1.54, 1.807) is 0 Å². The Morgan fingerprint density at radius 2 is 1.95 bits per heavy atom. The van der Waals surface area contributed by atoms with Gasteiger partial charge in [0.2, 0.25) is 5.78 Å². The first kappa shape index (κ1) is 15.4. The quantitative estimate of drug-likeness (QED) is 0.753. The highest BCUT2D eigenvalue weighted by atomic mass is 16.5. The molecule has 1 aromatic carbocycles. The zero-order chi connectivity index (χ0) is 15.4. The van der Waals surface area contributed by atoms with Crippen LogP contribution in [0.25, 0.3) is 0 Å². The van der Waals surface area contributed by atoms with Crippen LogP contribution >= 0.6 is 0 Å². The Bertz CT molecular complexity index is 641. The molecule has 0 fully saturated rings. The van der Waals surface area contributed by atoms with Gasteiger partial charge in [0.05, 0.1) is 0 Å². The second kappa shape index (κ2) is 6.61. The fourth-order valence-corrected chi connectivity index (χ4v) is 2.65. The predicted molar refractivity (Wildman–Crippen MR) is 85.2 cm³/mol. The summed E-state index contributed by atoms with van der Waals surface area (Å²) in [6, 6.07) is 9.85. The van der Waals surface area contributed by atoms with Crippen LogP contribution in [0.3, 0.4) is 0 Å². The minimum Gasteiger partial charge on any atom is -0.485 e. The first-order chi connectivity index (χ1) is 10.1. The smallest absolute Gasteiger partial charge is 0.202 e. The molecular formula is C18H23NO2. The number of carbonyl (C=O) groups is 1. The first-order valence-corrected chi connectivity index (χ1v) is 7.48. The van der Waals surface area contributed by atoms with Crippen molar-refractivity contribution in [3.63, 3.8) is 0 Å². The summed E-state index contributed by atoms with van der Waals surface area (Å²) in [6.45, 7) is 9.16. The van der Waals surface area contributed by atoms with Crippen LogP contribution in [0.2, 0.25) is 0 Å². The highest BCUT2D eigenvalue weighted by molar-refractivity contribution is 5.98. The molecule has 0 N–H and O–H groups in total. The molecule has 0 amide bonds. The van der Waals surface area contributed by atoms with Gasteiger partial charge in [-0.1, -0.05) is 19.1 Å². The van der Waals surface area contributed by atoms with Gasteiger partial charge < -0.3 is 9.30 Å². The zero-order valence-corrected chi connectivity index (χ0v) is 13.3. The molecule has 2 rings (SSSR count). The van der Waals surface area contributed by atoms with Crippen molar-refractivity contribution in [2.24, 2.45) is 0 Å². The van der Waals surface area contributed by atoms with E-state index in [0.717, 1.165) is 35.7 Å². The molecule has 1 aromatic heterocycles. The van der Waals surface area contributed by atoms with Crippen molar-refractivity contribution in [3.05, 3.63) is 52.8 Å². The summed E-state index contributed by atoms with van der Waals surface area (Å²) in [4.78, 5) is 12.3. The van der Waals surface area contributed by atoms with Crippen molar-refractivity contribution in [1.82, 2.24) is 4.57 Å². The van der Waals surface area contributed by atoms with E-state index in [0.29, 0.717) is 0 Å². The van der Waals surface area contributed by atoms with E-state index in [1.807, 2.05) is 38.1 Å². The average Bonchev–Trinajstić information content (AvgIpc) is 2.79. The molecule has 2 aromatic rings. The molecule has 0 bridgehead atoms. The summed E-state index contributed by atoms with van der Waals surface area (Å²) >= 11 is 0. The van der Waals surface area contributed by atoms with E-state index in [4.69, 9.17) is 4.74 Å². The number of ether oxygens (including phenoxy) is 1. The van der Waals surface area contributed by atoms with Crippen LogP contribution in [-0.4, -0.2) is 17.0 Å². The van der Waals surface area contributed by atoms with Gasteiger partial charge >= 0.3 is 0 Å². The summed E-state index contributed by atoms with van der Waals surface area (Å²) in [6.07, 6.45) is 0.961. The number of aryl methyl sites for hydroxylation is 2. The van der Waals surface area contributed by atoms with E-state index < -0.39 is 0 Å². The fraction of sp³-hybridized carbons (Fsp3) is 0.389. The lowest BCUT2D eigenvalue weighted by atomic mass is 10.1. The highest BCUT2D eigenvalue weighted by Crippen LogP contribution is 2.17. The molecule has 0 saturated carbocycles. The Morgan fingerprint density at radius 1 is 1.19 bits per heavy atom. The van der Waals surface area contributed by atoms with Crippen LogP contribution in [0.4, 0.5) is 0 Å². The van der Waals surface area contributed by atoms with E-state index >= 15 is 0 Å². The van der Waals surface area contributed by atoms with Crippen molar-refractivity contribution in [2.75, 3.05) is 6.61 Å². The maximum Gasteiger partial charge on any atom is 0.202 e. The normalized spacial score (nSPS) is 10.7. The molecule has 21 heavy (non-hydrogen) atoms. The average molecular weight is 285 g/mol. The number of carbonyl (C=O) groups excluding carboxylic acids is 1. The third-order valence-electron chi connectivity index (χ3n) is 3.87. The van der Waals surface area contributed by atoms with Crippen LogP contribution in [0.1, 0.15) is 41.2 Å². The third kappa shape index (κ3) is 3.35. The van der Waals surface area contributed by atoms with Gasteiger partial charge in [-0.3, -0.25) is 4.79 Å². The Labute approximate surface area is 126 Å². The van der Waals surface area contributed by atoms with Crippen molar-refractivity contribution in [1.29, 1.82) is 0 Å². The molecule has 3 heteroatoms. The molecule has 0 aliphatic carbocycles. The monoisotopic (exact) mass is 285 g/mol. The molecule has 0 atom stereocenters. The summed E-state index contributed by atoms with van der Waals surface area (Å²) in [5, 5.41) is 0. The van der Waals surface area contributed by atoms with Crippen LogP contribution < -0.4 is 4.74 Å². The number of ketones is 1. The van der Waals surface area contributed by atoms with Crippen LogP contribution in [0, 0.1) is 13.8 Å². The summed E-state index contributed by atoms with van der Waals surface area (Å²) in [5.41, 5.74) is 4.11. The van der Waals surface area contributed by atoms with E-state index in [1.165, 1.54) is 5.56 Å². The second-order valence-electron chi connectivity index (χ2n) is 5.24. The maximum absolute atomic E-state index is 12.3. The Hall–Kier alpha value is -2.03. The van der Waals surface area contributed by atoms with E-state index in [2.05, 4.69) is 24.5 Å². The van der Waals surface area contributed by atoms with Gasteiger partial charge in [0, 0.05) is 23.5 Å². The number of hydrogen-bond donors (Lipinski definition) is 0. The van der Waals surface area contributed by atoms with Gasteiger partial charge in [0.15, 0.2) is 6.61 Å². The van der Waals surface area contributed by atoms with Crippen molar-refractivity contribution in [3.8, 4) is 5.75 Å². The van der Waals surface area contributed by atoms with Gasteiger partial charge in [-0.05, 0) is 51.0 Å². The fourth-order valence-electron chi connectivity index (χ4n) is 2.65. The molecule has 1 heterocycles. The van der Waals surface area contributed by atoms with Crippen molar-refractivity contribution >= 4 is 5.78 Å². The SMILES string of the molecule is CCc1cccc(OCC(=O)c2cc(C)n(CC)c2C)c1. The molecule has 0 aliphatic heterocycles. The summed E-state index contributed by atoms with van der Waals surface area (Å²) in [5.74, 6) is 0.789. The van der Waals surface area contributed by atoms with E-state index in [9.17, 15) is 4.79 Å². The number of rotatable bonds is 6. The van der Waals surface area contributed by atoms with Gasteiger partial charge in [0.1, 0.15) is 5.75 Å². The van der Waals surface area contributed by atoms with Crippen LogP contribution in [-0.2, 0) is 13.0 Å². The molecular weight excluding hydrogens is 262 g/mol. The predicted octanol–water partition coefficient (Wildman–Crippen LogP) is 3.95. The Morgan fingerprint density at radius 3 is 2.57 bits per heavy atom. The molecule has 0 aliphatic rings. The van der Waals surface area contributed by atoms with Gasteiger partial charge in [0.25, 0.3) is 0 Å². The summed E-state index contributed by atoms with van der Waals surface area (Å²) < 4.78 is 7.79. The lowest BCUT2D eigenvalue weighted by Crippen LogP contribution is -2.13.